The zero-order valence-electron chi connectivity index (χ0n) is 17.2. The van der Waals surface area contributed by atoms with Gasteiger partial charge in [0, 0.05) is 53.7 Å². The predicted octanol–water partition coefficient (Wildman–Crippen LogP) is 4.24. The molecular formula is C22H24BrCl2N5O2. The van der Waals surface area contributed by atoms with E-state index in [1.165, 1.54) is 0 Å². The number of hydrogen-bond acceptors (Lipinski definition) is 6. The average molecular weight is 541 g/mol. The molecule has 2 aliphatic rings. The van der Waals surface area contributed by atoms with Crippen molar-refractivity contribution in [3.8, 4) is 5.88 Å². The van der Waals surface area contributed by atoms with Gasteiger partial charge in [-0.15, -0.1) is 24.8 Å². The Kier molecular flexibility index (Phi) is 8.19. The van der Waals surface area contributed by atoms with Gasteiger partial charge in [0.25, 0.3) is 0 Å². The van der Waals surface area contributed by atoms with Gasteiger partial charge in [-0.2, -0.15) is 0 Å². The second-order valence-electron chi connectivity index (χ2n) is 7.38. The number of nitrogens with one attached hydrogen (secondary N) is 2. The van der Waals surface area contributed by atoms with Gasteiger partial charge >= 0.3 is 0 Å². The lowest BCUT2D eigenvalue weighted by Crippen LogP contribution is -2.44. The van der Waals surface area contributed by atoms with E-state index in [1.807, 2.05) is 42.5 Å². The van der Waals surface area contributed by atoms with E-state index in [9.17, 15) is 5.11 Å². The third-order valence-corrected chi connectivity index (χ3v) is 5.95. The lowest BCUT2D eigenvalue weighted by Gasteiger charge is -2.26. The van der Waals surface area contributed by atoms with Crippen LogP contribution in [0.4, 0.5) is 5.69 Å². The largest absolute Gasteiger partial charge is 0.494 e. The van der Waals surface area contributed by atoms with Crippen molar-refractivity contribution in [1.82, 2.24) is 15.2 Å². The van der Waals surface area contributed by atoms with Crippen molar-refractivity contribution in [3.05, 3.63) is 58.1 Å². The summed E-state index contributed by atoms with van der Waals surface area (Å²) in [4.78, 5) is 15.9. The summed E-state index contributed by atoms with van der Waals surface area (Å²) < 4.78 is 0.928. The van der Waals surface area contributed by atoms with E-state index in [0.717, 1.165) is 59.4 Å². The predicted molar refractivity (Wildman–Crippen MR) is 137 cm³/mol. The monoisotopic (exact) mass is 539 g/mol. The Morgan fingerprint density at radius 2 is 1.91 bits per heavy atom. The second-order valence-corrected chi connectivity index (χ2v) is 8.30. The molecule has 1 aromatic heterocycles. The van der Waals surface area contributed by atoms with Gasteiger partial charge in [-0.25, -0.2) is 4.99 Å². The summed E-state index contributed by atoms with van der Waals surface area (Å²) in [7, 11) is 0. The molecule has 32 heavy (non-hydrogen) atoms. The average Bonchev–Trinajstić information content (AvgIpc) is 3.28. The minimum absolute atomic E-state index is 0. The molecule has 7 nitrogen and oxygen atoms in total. The molecule has 1 saturated heterocycles. The number of para-hydroxylation sites is 1. The third-order valence-electron chi connectivity index (χ3n) is 5.46. The molecule has 1 fully saturated rings. The number of fused-ring (bicyclic) bond motifs is 2. The van der Waals surface area contributed by atoms with Crippen LogP contribution >= 0.6 is 40.7 Å². The van der Waals surface area contributed by atoms with Gasteiger partial charge in [-0.1, -0.05) is 39.3 Å². The standard InChI is InChI=1S/C22H22BrN5O2.2ClH/c23-14-5-6-18-16(13-14)19(22(29)26-18)21-20(15-3-1-2-4-17(15)25-21)27-30-12-11-28-9-7-24-8-10-28;;/h1-6,13,24,26,29H,7-12H2;2*1H/b27-20+;;. The molecule has 0 saturated carbocycles. The Morgan fingerprint density at radius 1 is 1.12 bits per heavy atom. The summed E-state index contributed by atoms with van der Waals surface area (Å²) >= 11 is 3.52. The third kappa shape index (κ3) is 4.79. The summed E-state index contributed by atoms with van der Waals surface area (Å²) in [5, 5.41) is 19.4. The van der Waals surface area contributed by atoms with Crippen LogP contribution in [0.1, 0.15) is 11.1 Å². The number of H-pyrrole nitrogens is 1. The molecule has 0 atom stereocenters. The minimum Gasteiger partial charge on any atom is -0.494 e. The van der Waals surface area contributed by atoms with E-state index in [0.29, 0.717) is 23.6 Å². The Labute approximate surface area is 206 Å². The zero-order chi connectivity index (χ0) is 20.5. The number of halogens is 3. The highest BCUT2D eigenvalue weighted by molar-refractivity contribution is 9.10. The van der Waals surface area contributed by atoms with Crippen molar-refractivity contribution in [2.45, 2.75) is 0 Å². The maximum Gasteiger partial charge on any atom is 0.199 e. The molecular weight excluding hydrogens is 517 g/mol. The molecule has 3 aromatic rings. The number of piperazine rings is 1. The highest BCUT2D eigenvalue weighted by Gasteiger charge is 2.29. The zero-order valence-corrected chi connectivity index (χ0v) is 20.4. The molecule has 2 aromatic carbocycles. The highest BCUT2D eigenvalue weighted by Crippen LogP contribution is 2.36. The molecule has 3 heterocycles. The topological polar surface area (TPSA) is 85.2 Å². The van der Waals surface area contributed by atoms with E-state index in [1.54, 1.807) is 0 Å². The fourth-order valence-electron chi connectivity index (χ4n) is 3.94. The summed E-state index contributed by atoms with van der Waals surface area (Å²) in [6, 6.07) is 13.6. The van der Waals surface area contributed by atoms with Gasteiger partial charge in [0.2, 0.25) is 0 Å². The molecule has 0 amide bonds. The van der Waals surface area contributed by atoms with Crippen molar-refractivity contribution < 1.29 is 9.94 Å². The van der Waals surface area contributed by atoms with Crippen molar-refractivity contribution in [2.24, 2.45) is 10.1 Å². The first-order chi connectivity index (χ1) is 14.7. The molecule has 0 bridgehead atoms. The molecule has 5 rings (SSSR count). The fourth-order valence-corrected chi connectivity index (χ4v) is 4.30. The van der Waals surface area contributed by atoms with Gasteiger partial charge in [-0.05, 0) is 24.3 Å². The van der Waals surface area contributed by atoms with Crippen LogP contribution in [0.2, 0.25) is 0 Å². The fraction of sp³-hybridized carbons (Fsp3) is 0.273. The molecule has 0 spiro atoms. The molecule has 2 aliphatic heterocycles. The normalized spacial score (nSPS) is 16.9. The molecule has 0 aliphatic carbocycles. The van der Waals surface area contributed by atoms with Crippen LogP contribution in [0.25, 0.3) is 10.9 Å². The van der Waals surface area contributed by atoms with Gasteiger partial charge < -0.3 is 20.2 Å². The first kappa shape index (κ1) is 24.5. The van der Waals surface area contributed by atoms with E-state index < -0.39 is 0 Å². The van der Waals surface area contributed by atoms with Crippen molar-refractivity contribution in [3.63, 3.8) is 0 Å². The number of rotatable bonds is 5. The van der Waals surface area contributed by atoms with Crippen LogP contribution in [0.5, 0.6) is 5.88 Å². The maximum absolute atomic E-state index is 10.7. The smallest absolute Gasteiger partial charge is 0.199 e. The lowest BCUT2D eigenvalue weighted by atomic mass is 10.0. The van der Waals surface area contributed by atoms with Crippen LogP contribution in [0.3, 0.4) is 0 Å². The van der Waals surface area contributed by atoms with Crippen LogP contribution in [-0.2, 0) is 4.84 Å². The first-order valence-electron chi connectivity index (χ1n) is 10.0. The summed E-state index contributed by atoms with van der Waals surface area (Å²) in [6.45, 7) is 5.39. The molecule has 0 unspecified atom stereocenters. The number of hydrogen-bond donors (Lipinski definition) is 3. The summed E-state index contributed by atoms with van der Waals surface area (Å²) in [5.41, 5.74) is 4.44. The number of oxime groups is 1. The second kappa shape index (κ2) is 10.7. The summed E-state index contributed by atoms with van der Waals surface area (Å²) in [6.07, 6.45) is 0. The van der Waals surface area contributed by atoms with E-state index in [2.05, 4.69) is 36.3 Å². The molecule has 3 N–H and O–H groups in total. The Balaban J connectivity index is 0.00000144. The Morgan fingerprint density at radius 3 is 2.72 bits per heavy atom. The lowest BCUT2D eigenvalue weighted by molar-refractivity contribution is 0.106. The van der Waals surface area contributed by atoms with E-state index in [-0.39, 0.29) is 30.7 Å². The van der Waals surface area contributed by atoms with Crippen LogP contribution in [0, 0.1) is 0 Å². The summed E-state index contributed by atoms with van der Waals surface area (Å²) in [5.74, 6) is 0.0724. The maximum atomic E-state index is 10.7. The van der Waals surface area contributed by atoms with E-state index >= 15 is 0 Å². The van der Waals surface area contributed by atoms with Gasteiger partial charge in [0.1, 0.15) is 18.0 Å². The number of aromatic amines is 1. The van der Waals surface area contributed by atoms with Crippen molar-refractivity contribution in [2.75, 3.05) is 39.3 Å². The highest BCUT2D eigenvalue weighted by atomic mass is 79.9. The number of aromatic hydroxyl groups is 1. The first-order valence-corrected chi connectivity index (χ1v) is 10.8. The number of nitrogens with zero attached hydrogens (tertiary/aromatic N) is 3. The number of aromatic nitrogens is 1. The minimum atomic E-state index is 0. The van der Waals surface area contributed by atoms with Crippen LogP contribution in [-0.4, -0.2) is 65.7 Å². The van der Waals surface area contributed by atoms with Crippen molar-refractivity contribution in [1.29, 1.82) is 0 Å². The van der Waals surface area contributed by atoms with Gasteiger partial charge in [0.15, 0.2) is 5.88 Å². The Hall–Kier alpha value is -2.10. The van der Waals surface area contributed by atoms with Crippen molar-refractivity contribution >= 4 is 68.8 Å². The molecule has 10 heteroatoms. The van der Waals surface area contributed by atoms with Gasteiger partial charge in [-0.3, -0.25) is 4.90 Å². The quantitative estimate of drug-likeness (QED) is 0.334. The van der Waals surface area contributed by atoms with Crippen LogP contribution < -0.4 is 5.32 Å². The van der Waals surface area contributed by atoms with E-state index in [4.69, 9.17) is 9.83 Å². The number of benzene rings is 2. The molecule has 0 radical (unpaired) electrons. The molecule has 170 valence electrons. The van der Waals surface area contributed by atoms with Gasteiger partial charge in [0.05, 0.1) is 11.3 Å². The van der Waals surface area contributed by atoms with Crippen LogP contribution in [0.15, 0.2) is 57.1 Å². The SMILES string of the molecule is Cl.Cl.Oc1[nH]c2ccc(Br)cc2c1C1=Nc2ccccc2/C1=N\OCCN1CCNCC1. The Bertz CT molecular complexity index is 1160. The number of aliphatic imine (C=N–C) groups is 1.